The number of alkyl carbamates (subject to hydrolysis) is 1. The highest BCUT2D eigenvalue weighted by Gasteiger charge is 2.51. The third-order valence-electron chi connectivity index (χ3n) is 6.91. The number of nitrogens with one attached hydrogen (secondary N) is 2. The van der Waals surface area contributed by atoms with E-state index in [2.05, 4.69) is 34.9 Å². The molecule has 1 fully saturated rings. The fraction of sp³-hybridized carbons (Fsp3) is 0.250. The molecule has 5 rings (SSSR count). The lowest BCUT2D eigenvalue weighted by atomic mass is 9.98. The molecule has 3 N–H and O–H groups in total. The average Bonchev–Trinajstić information content (AvgIpc) is 3.58. The first-order valence-electron chi connectivity index (χ1n) is 11.7. The van der Waals surface area contributed by atoms with Crippen LogP contribution in [0.1, 0.15) is 48.3 Å². The van der Waals surface area contributed by atoms with Gasteiger partial charge in [0, 0.05) is 11.6 Å². The first-order valence-corrected chi connectivity index (χ1v) is 11.7. The van der Waals surface area contributed by atoms with E-state index in [9.17, 15) is 14.4 Å². The molecular formula is C28H26N2O5. The second kappa shape index (κ2) is 8.91. The molecule has 1 saturated carbocycles. The number of carboxylic acids is 1. The number of rotatable bonds is 7. The van der Waals surface area contributed by atoms with E-state index in [1.54, 1.807) is 31.2 Å². The maximum Gasteiger partial charge on any atom is 0.408 e. The van der Waals surface area contributed by atoms with Gasteiger partial charge in [0.15, 0.2) is 0 Å². The molecule has 0 heterocycles. The smallest absolute Gasteiger partial charge is 0.408 e. The van der Waals surface area contributed by atoms with Crippen molar-refractivity contribution in [1.29, 1.82) is 0 Å². The lowest BCUT2D eigenvalue weighted by molar-refractivity contribution is -0.138. The van der Waals surface area contributed by atoms with Crippen LogP contribution in [0, 0.1) is 0 Å². The minimum atomic E-state index is -0.990. The van der Waals surface area contributed by atoms with Crippen LogP contribution in [0.5, 0.6) is 0 Å². The number of benzene rings is 3. The molecule has 0 aromatic heterocycles. The summed E-state index contributed by atoms with van der Waals surface area (Å²) < 4.78 is 5.59. The van der Waals surface area contributed by atoms with Crippen molar-refractivity contribution in [2.75, 3.05) is 11.9 Å². The Balaban J connectivity index is 1.20. The van der Waals surface area contributed by atoms with Gasteiger partial charge < -0.3 is 20.5 Å². The van der Waals surface area contributed by atoms with E-state index in [0.717, 1.165) is 22.3 Å². The predicted octanol–water partition coefficient (Wildman–Crippen LogP) is 4.88. The Morgan fingerprint density at radius 3 is 2.06 bits per heavy atom. The van der Waals surface area contributed by atoms with Gasteiger partial charge in [-0.1, -0.05) is 60.7 Å². The van der Waals surface area contributed by atoms with Crippen molar-refractivity contribution in [2.24, 2.45) is 0 Å². The van der Waals surface area contributed by atoms with Gasteiger partial charge >= 0.3 is 12.1 Å². The summed E-state index contributed by atoms with van der Waals surface area (Å²) in [6.45, 7) is 1.79. The fourth-order valence-electron chi connectivity index (χ4n) is 4.61. The van der Waals surface area contributed by atoms with E-state index in [1.165, 1.54) is 0 Å². The average molecular weight is 471 g/mol. The minimum Gasteiger partial charge on any atom is -0.481 e. The van der Waals surface area contributed by atoms with Gasteiger partial charge in [0.1, 0.15) is 12.1 Å². The number of carboxylic acid groups (broad SMARTS) is 1. The molecule has 178 valence electrons. The van der Waals surface area contributed by atoms with Crippen molar-refractivity contribution in [1.82, 2.24) is 5.32 Å². The van der Waals surface area contributed by atoms with Gasteiger partial charge in [-0.15, -0.1) is 0 Å². The third kappa shape index (κ3) is 4.37. The lowest BCUT2D eigenvalue weighted by Gasteiger charge is -2.19. The van der Waals surface area contributed by atoms with Gasteiger partial charge in [-0.25, -0.2) is 4.79 Å². The quantitative estimate of drug-likeness (QED) is 0.456. The molecule has 1 unspecified atom stereocenters. The second-order valence-corrected chi connectivity index (χ2v) is 9.17. The summed E-state index contributed by atoms with van der Waals surface area (Å²) in [4.78, 5) is 36.7. The van der Waals surface area contributed by atoms with Gasteiger partial charge in [-0.3, -0.25) is 9.59 Å². The molecule has 35 heavy (non-hydrogen) atoms. The van der Waals surface area contributed by atoms with Crippen molar-refractivity contribution in [3.8, 4) is 11.1 Å². The zero-order chi connectivity index (χ0) is 24.6. The van der Waals surface area contributed by atoms with Crippen LogP contribution in [0.15, 0.2) is 72.8 Å². The van der Waals surface area contributed by atoms with Crippen molar-refractivity contribution >= 4 is 23.7 Å². The molecule has 0 saturated heterocycles. The predicted molar refractivity (Wildman–Crippen MR) is 131 cm³/mol. The van der Waals surface area contributed by atoms with Crippen LogP contribution in [-0.4, -0.2) is 35.2 Å². The molecule has 2 amide bonds. The highest BCUT2D eigenvalue weighted by atomic mass is 16.5. The zero-order valence-electron chi connectivity index (χ0n) is 19.3. The number of amides is 2. The van der Waals surface area contributed by atoms with Crippen LogP contribution in [-0.2, 0) is 14.3 Å². The SMILES string of the molecule is CC(C(=O)O)c1ccc(NC(=O)C2(NC(=O)OCC3c4ccccc4-c4ccccc43)CC2)cc1. The molecular weight excluding hydrogens is 444 g/mol. The number of carbonyl (C=O) groups is 3. The summed E-state index contributed by atoms with van der Waals surface area (Å²) in [6, 6.07) is 22.9. The Morgan fingerprint density at radius 1 is 0.943 bits per heavy atom. The van der Waals surface area contributed by atoms with E-state index in [-0.39, 0.29) is 18.4 Å². The number of anilines is 1. The Hall–Kier alpha value is -4.13. The molecule has 0 aliphatic heterocycles. The van der Waals surface area contributed by atoms with Crippen LogP contribution in [0.2, 0.25) is 0 Å². The molecule has 2 aliphatic rings. The summed E-state index contributed by atoms with van der Waals surface area (Å²) in [5.41, 5.74) is 4.75. The summed E-state index contributed by atoms with van der Waals surface area (Å²) >= 11 is 0. The molecule has 7 nitrogen and oxygen atoms in total. The maximum absolute atomic E-state index is 12.9. The Kier molecular flexibility index (Phi) is 5.76. The number of hydrogen-bond acceptors (Lipinski definition) is 4. The zero-order valence-corrected chi connectivity index (χ0v) is 19.3. The Morgan fingerprint density at radius 2 is 1.51 bits per heavy atom. The molecule has 7 heteroatoms. The highest BCUT2D eigenvalue weighted by molar-refractivity contribution is 6.02. The summed E-state index contributed by atoms with van der Waals surface area (Å²) in [5, 5.41) is 14.7. The standard InChI is InChI=1S/C28H26N2O5/c1-17(25(31)32)18-10-12-19(13-11-18)29-26(33)28(14-15-28)30-27(34)35-16-24-22-8-4-2-6-20(22)21-7-3-5-9-23(21)24/h2-13,17,24H,14-16H2,1H3,(H,29,33)(H,30,34)(H,31,32). The summed E-state index contributed by atoms with van der Waals surface area (Å²) in [7, 11) is 0. The van der Waals surface area contributed by atoms with Crippen molar-refractivity contribution in [3.05, 3.63) is 89.5 Å². The lowest BCUT2D eigenvalue weighted by Crippen LogP contribution is -2.46. The molecule has 0 bridgehead atoms. The van der Waals surface area contributed by atoms with E-state index in [0.29, 0.717) is 24.1 Å². The molecule has 0 radical (unpaired) electrons. The maximum atomic E-state index is 12.9. The van der Waals surface area contributed by atoms with Crippen molar-refractivity contribution in [2.45, 2.75) is 37.1 Å². The highest BCUT2D eigenvalue weighted by Crippen LogP contribution is 2.44. The molecule has 2 aliphatic carbocycles. The third-order valence-corrected chi connectivity index (χ3v) is 6.91. The number of hydrogen-bond donors (Lipinski definition) is 3. The van der Waals surface area contributed by atoms with Crippen LogP contribution in [0.25, 0.3) is 11.1 Å². The topological polar surface area (TPSA) is 105 Å². The van der Waals surface area contributed by atoms with Gasteiger partial charge in [-0.05, 0) is 59.7 Å². The van der Waals surface area contributed by atoms with Gasteiger partial charge in [0.05, 0.1) is 5.92 Å². The molecule has 1 atom stereocenters. The molecule has 0 spiro atoms. The van der Waals surface area contributed by atoms with Gasteiger partial charge in [-0.2, -0.15) is 0 Å². The second-order valence-electron chi connectivity index (χ2n) is 9.17. The summed E-state index contributed by atoms with van der Waals surface area (Å²) in [6.07, 6.45) is 0.430. The molecule has 3 aromatic carbocycles. The molecule has 3 aromatic rings. The van der Waals surface area contributed by atoms with Gasteiger partial charge in [0.2, 0.25) is 5.91 Å². The first-order chi connectivity index (χ1) is 16.9. The van der Waals surface area contributed by atoms with Crippen LogP contribution >= 0.6 is 0 Å². The summed E-state index contributed by atoms with van der Waals surface area (Å²) in [5.74, 6) is -1.91. The van der Waals surface area contributed by atoms with Gasteiger partial charge in [0.25, 0.3) is 0 Å². The van der Waals surface area contributed by atoms with Crippen molar-refractivity contribution < 1.29 is 24.2 Å². The first kappa shape index (κ1) is 22.7. The number of ether oxygens (including phenoxy) is 1. The van der Waals surface area contributed by atoms with E-state index < -0.39 is 23.5 Å². The Labute approximate surface area is 203 Å². The van der Waals surface area contributed by atoms with Crippen molar-refractivity contribution in [3.63, 3.8) is 0 Å². The number of fused-ring (bicyclic) bond motifs is 3. The van der Waals surface area contributed by atoms with E-state index in [4.69, 9.17) is 9.84 Å². The van der Waals surface area contributed by atoms with Crippen LogP contribution in [0.3, 0.4) is 0 Å². The number of carbonyl (C=O) groups excluding carboxylic acids is 2. The largest absolute Gasteiger partial charge is 0.481 e. The fourth-order valence-corrected chi connectivity index (χ4v) is 4.61. The Bertz CT molecular complexity index is 1250. The van der Waals surface area contributed by atoms with Crippen LogP contribution in [0.4, 0.5) is 10.5 Å². The minimum absolute atomic E-state index is 0.0520. The van der Waals surface area contributed by atoms with E-state index >= 15 is 0 Å². The van der Waals surface area contributed by atoms with E-state index in [1.807, 2.05) is 24.3 Å². The normalized spacial score (nSPS) is 15.9. The number of aliphatic carboxylic acids is 1. The monoisotopic (exact) mass is 470 g/mol. The van der Waals surface area contributed by atoms with Crippen LogP contribution < -0.4 is 10.6 Å².